The van der Waals surface area contributed by atoms with Crippen molar-refractivity contribution < 1.29 is 14.6 Å². The van der Waals surface area contributed by atoms with E-state index in [4.69, 9.17) is 4.74 Å². The van der Waals surface area contributed by atoms with Gasteiger partial charge >= 0.3 is 5.97 Å². The van der Waals surface area contributed by atoms with E-state index < -0.39 is 5.97 Å². The van der Waals surface area contributed by atoms with Crippen molar-refractivity contribution in [3.05, 3.63) is 29.8 Å². The lowest BCUT2D eigenvalue weighted by Gasteiger charge is -2.06. The molecule has 21 heavy (non-hydrogen) atoms. The molecular weight excluding hydrogens is 284 g/mol. The Bertz CT molecular complexity index is 407. The van der Waals surface area contributed by atoms with Gasteiger partial charge in [0.05, 0.1) is 0 Å². The minimum absolute atomic E-state index is 0.0257. The Morgan fingerprint density at radius 2 is 1.81 bits per heavy atom. The van der Waals surface area contributed by atoms with Crippen LogP contribution in [0, 0.1) is 0 Å². The first-order valence-electron chi connectivity index (χ1n) is 7.78. The molecule has 0 saturated carbocycles. The molecule has 4 heteroatoms. The molecule has 0 heterocycles. The molecule has 0 aliphatic heterocycles. The zero-order valence-corrected chi connectivity index (χ0v) is 13.7. The number of carbonyl (C=O) groups is 1. The number of carbonyl (C=O) groups excluding carboxylic acids is 1. The number of unbranched alkanes of at least 4 members (excludes halogenated alkanes) is 5. The quantitative estimate of drug-likeness (QED) is 0.477. The van der Waals surface area contributed by atoms with E-state index >= 15 is 0 Å². The fraction of sp³-hybridized carbons (Fsp3) is 0.588. The van der Waals surface area contributed by atoms with Crippen LogP contribution in [0.2, 0.25) is 0 Å². The SMILES string of the molecule is CCCCCCCCSCCOC(=O)c1ccccc1O. The second-order valence-corrected chi connectivity index (χ2v) is 6.26. The molecule has 0 spiro atoms. The summed E-state index contributed by atoms with van der Waals surface area (Å²) in [5.74, 6) is 1.46. The molecule has 1 aromatic rings. The lowest BCUT2D eigenvalue weighted by molar-refractivity contribution is 0.0527. The van der Waals surface area contributed by atoms with Crippen LogP contribution in [0.25, 0.3) is 0 Å². The Labute approximate surface area is 132 Å². The summed E-state index contributed by atoms with van der Waals surface area (Å²) >= 11 is 1.82. The second-order valence-electron chi connectivity index (χ2n) is 5.03. The van der Waals surface area contributed by atoms with Gasteiger partial charge in [0, 0.05) is 5.75 Å². The lowest BCUT2D eigenvalue weighted by atomic mass is 10.1. The monoisotopic (exact) mass is 310 g/mol. The number of phenolic OH excluding ortho intramolecular Hbond substituents is 1. The zero-order chi connectivity index (χ0) is 15.3. The molecule has 0 amide bonds. The Hall–Kier alpha value is -1.16. The van der Waals surface area contributed by atoms with Crippen molar-refractivity contribution in [2.45, 2.75) is 45.4 Å². The summed E-state index contributed by atoms with van der Waals surface area (Å²) in [6.07, 6.45) is 7.84. The Balaban J connectivity index is 1.99. The van der Waals surface area contributed by atoms with Crippen LogP contribution in [-0.2, 0) is 4.74 Å². The third kappa shape index (κ3) is 8.00. The van der Waals surface area contributed by atoms with Gasteiger partial charge in [-0.05, 0) is 24.3 Å². The highest BCUT2D eigenvalue weighted by Crippen LogP contribution is 2.16. The number of hydrogen-bond donors (Lipinski definition) is 1. The maximum absolute atomic E-state index is 11.7. The summed E-state index contributed by atoms with van der Waals surface area (Å²) in [7, 11) is 0. The van der Waals surface area contributed by atoms with Gasteiger partial charge in [-0.15, -0.1) is 0 Å². The average Bonchev–Trinajstić information content (AvgIpc) is 2.49. The first-order chi connectivity index (χ1) is 10.3. The van der Waals surface area contributed by atoms with E-state index in [2.05, 4.69) is 6.92 Å². The molecule has 0 bridgehead atoms. The summed E-state index contributed by atoms with van der Waals surface area (Å²) in [4.78, 5) is 11.7. The van der Waals surface area contributed by atoms with Gasteiger partial charge in [0.2, 0.25) is 0 Å². The molecule has 0 aliphatic rings. The van der Waals surface area contributed by atoms with Gasteiger partial charge in [0.15, 0.2) is 0 Å². The van der Waals surface area contributed by atoms with Crippen LogP contribution in [0.3, 0.4) is 0 Å². The van der Waals surface area contributed by atoms with Crippen LogP contribution in [0.1, 0.15) is 55.8 Å². The third-order valence-electron chi connectivity index (χ3n) is 3.23. The molecule has 0 atom stereocenters. The number of aromatic hydroxyl groups is 1. The van der Waals surface area contributed by atoms with Crippen LogP contribution >= 0.6 is 11.8 Å². The molecule has 1 rings (SSSR count). The summed E-state index contributed by atoms with van der Waals surface area (Å²) in [5.41, 5.74) is 0.235. The molecule has 0 radical (unpaired) electrons. The molecule has 118 valence electrons. The Kier molecular flexibility index (Phi) is 9.79. The standard InChI is InChI=1S/C17H26O3S/c1-2-3-4-5-6-9-13-21-14-12-20-17(19)15-10-7-8-11-16(15)18/h7-8,10-11,18H,2-6,9,12-14H2,1H3. The molecule has 0 saturated heterocycles. The first-order valence-corrected chi connectivity index (χ1v) is 8.94. The fourth-order valence-corrected chi connectivity index (χ4v) is 2.82. The van der Waals surface area contributed by atoms with Crippen LogP contribution < -0.4 is 0 Å². The van der Waals surface area contributed by atoms with E-state index in [1.165, 1.54) is 44.6 Å². The Morgan fingerprint density at radius 1 is 1.10 bits per heavy atom. The van der Waals surface area contributed by atoms with Crippen LogP contribution in [-0.4, -0.2) is 29.2 Å². The van der Waals surface area contributed by atoms with Gasteiger partial charge in [-0.1, -0.05) is 51.2 Å². The molecule has 0 unspecified atom stereocenters. The van der Waals surface area contributed by atoms with Crippen LogP contribution in [0.4, 0.5) is 0 Å². The van der Waals surface area contributed by atoms with Gasteiger partial charge in [-0.2, -0.15) is 11.8 Å². The molecular formula is C17H26O3S. The molecule has 1 N–H and O–H groups in total. The number of phenols is 1. The van der Waals surface area contributed by atoms with E-state index in [0.717, 1.165) is 11.5 Å². The lowest BCUT2D eigenvalue weighted by Crippen LogP contribution is -2.08. The third-order valence-corrected chi connectivity index (χ3v) is 4.26. The van der Waals surface area contributed by atoms with Crippen molar-refractivity contribution in [3.63, 3.8) is 0 Å². The minimum Gasteiger partial charge on any atom is -0.507 e. The van der Waals surface area contributed by atoms with E-state index in [1.54, 1.807) is 18.2 Å². The highest BCUT2D eigenvalue weighted by molar-refractivity contribution is 7.99. The highest BCUT2D eigenvalue weighted by Gasteiger charge is 2.10. The number of para-hydroxylation sites is 1. The normalized spacial score (nSPS) is 10.5. The van der Waals surface area contributed by atoms with Gasteiger partial charge in [-0.25, -0.2) is 4.79 Å². The van der Waals surface area contributed by atoms with Gasteiger partial charge in [-0.3, -0.25) is 0 Å². The number of ether oxygens (including phenoxy) is 1. The van der Waals surface area contributed by atoms with E-state index in [1.807, 2.05) is 11.8 Å². The van der Waals surface area contributed by atoms with Crippen molar-refractivity contribution in [1.82, 2.24) is 0 Å². The van der Waals surface area contributed by atoms with Gasteiger partial charge in [0.1, 0.15) is 17.9 Å². The number of esters is 1. The largest absolute Gasteiger partial charge is 0.507 e. The molecule has 0 aromatic heterocycles. The number of benzene rings is 1. The number of hydrogen-bond acceptors (Lipinski definition) is 4. The predicted octanol–water partition coefficient (Wildman–Crippen LogP) is 4.64. The van der Waals surface area contributed by atoms with Crippen molar-refractivity contribution >= 4 is 17.7 Å². The molecule has 3 nitrogen and oxygen atoms in total. The van der Waals surface area contributed by atoms with E-state index in [9.17, 15) is 9.90 Å². The summed E-state index contributed by atoms with van der Waals surface area (Å²) in [6, 6.07) is 6.46. The number of thioether (sulfide) groups is 1. The first kappa shape index (κ1) is 17.9. The van der Waals surface area contributed by atoms with Crippen molar-refractivity contribution in [2.75, 3.05) is 18.1 Å². The smallest absolute Gasteiger partial charge is 0.341 e. The molecule has 0 aliphatic carbocycles. The van der Waals surface area contributed by atoms with Crippen molar-refractivity contribution in [2.24, 2.45) is 0 Å². The average molecular weight is 310 g/mol. The highest BCUT2D eigenvalue weighted by atomic mass is 32.2. The summed E-state index contributed by atoms with van der Waals surface area (Å²) in [5, 5.41) is 9.54. The minimum atomic E-state index is -0.451. The van der Waals surface area contributed by atoms with Crippen molar-refractivity contribution in [1.29, 1.82) is 0 Å². The van der Waals surface area contributed by atoms with Crippen LogP contribution in [0.15, 0.2) is 24.3 Å². The maximum Gasteiger partial charge on any atom is 0.341 e. The topological polar surface area (TPSA) is 46.5 Å². The Morgan fingerprint density at radius 3 is 2.57 bits per heavy atom. The zero-order valence-electron chi connectivity index (χ0n) is 12.8. The van der Waals surface area contributed by atoms with E-state index in [0.29, 0.717) is 6.61 Å². The molecule has 1 aromatic carbocycles. The predicted molar refractivity (Wildman–Crippen MR) is 89.1 cm³/mol. The van der Waals surface area contributed by atoms with E-state index in [-0.39, 0.29) is 11.3 Å². The molecule has 0 fully saturated rings. The van der Waals surface area contributed by atoms with Gasteiger partial charge < -0.3 is 9.84 Å². The summed E-state index contributed by atoms with van der Waals surface area (Å²) < 4.78 is 5.15. The van der Waals surface area contributed by atoms with Crippen molar-refractivity contribution in [3.8, 4) is 5.75 Å². The number of rotatable bonds is 11. The van der Waals surface area contributed by atoms with Gasteiger partial charge in [0.25, 0.3) is 0 Å². The maximum atomic E-state index is 11.7. The second kappa shape index (κ2) is 11.5. The van der Waals surface area contributed by atoms with Crippen LogP contribution in [0.5, 0.6) is 5.75 Å². The summed E-state index contributed by atoms with van der Waals surface area (Å²) in [6.45, 7) is 2.63. The fourth-order valence-electron chi connectivity index (χ4n) is 2.00.